The summed E-state index contributed by atoms with van der Waals surface area (Å²) in [5.41, 5.74) is 9.80. The Morgan fingerprint density at radius 3 is 2.38 bits per heavy atom. The molecule has 0 unspecified atom stereocenters. The van der Waals surface area contributed by atoms with Crippen LogP contribution in [0.25, 0.3) is 0 Å². The largest absolute Gasteiger partial charge is 0.465 e. The lowest BCUT2D eigenvalue weighted by atomic mass is 10.2. The van der Waals surface area contributed by atoms with Crippen molar-refractivity contribution in [2.45, 2.75) is 30.8 Å². The molecule has 0 fully saturated rings. The molecule has 0 spiro atoms. The lowest BCUT2D eigenvalue weighted by Gasteiger charge is -2.11. The van der Waals surface area contributed by atoms with Crippen LogP contribution in [-0.2, 0) is 4.74 Å². The van der Waals surface area contributed by atoms with Gasteiger partial charge in [-0.2, -0.15) is 0 Å². The van der Waals surface area contributed by atoms with Gasteiger partial charge >= 0.3 is 5.97 Å². The number of carbonyl (C=O) groups is 1. The number of nitrogens with two attached hydrogens (primary N) is 1. The molecule has 0 aliphatic heterocycles. The zero-order valence-corrected chi connectivity index (χ0v) is 13.2. The topological polar surface area (TPSA) is 78.1 Å². The van der Waals surface area contributed by atoms with E-state index < -0.39 is 5.97 Å². The molecule has 0 radical (unpaired) electrons. The molecule has 110 valence electrons. The minimum Gasteiger partial charge on any atom is -0.465 e. The zero-order valence-electron chi connectivity index (χ0n) is 12.4. The quantitative estimate of drug-likeness (QED) is 0.533. The van der Waals surface area contributed by atoms with Crippen LogP contribution < -0.4 is 5.73 Å². The lowest BCUT2D eigenvalue weighted by Crippen LogP contribution is -2.06. The minimum atomic E-state index is -0.426. The van der Waals surface area contributed by atoms with E-state index in [-0.39, 0.29) is 0 Å². The highest BCUT2D eigenvalue weighted by molar-refractivity contribution is 7.99. The summed E-state index contributed by atoms with van der Waals surface area (Å²) < 4.78 is 4.79. The molecule has 0 amide bonds. The number of aromatic nitrogens is 2. The third-order valence-corrected chi connectivity index (χ3v) is 4.28. The number of benzene rings is 1. The van der Waals surface area contributed by atoms with Crippen molar-refractivity contribution in [2.75, 3.05) is 12.8 Å². The zero-order chi connectivity index (χ0) is 15.6. The highest BCUT2D eigenvalue weighted by Gasteiger charge is 2.17. The Bertz CT molecular complexity index is 678. The second kappa shape index (κ2) is 6.13. The van der Waals surface area contributed by atoms with E-state index in [0.717, 1.165) is 17.0 Å². The molecule has 0 aliphatic rings. The average molecular weight is 303 g/mol. The lowest BCUT2D eigenvalue weighted by molar-refractivity contribution is 0.0597. The molecule has 0 bridgehead atoms. The maximum Gasteiger partial charge on any atom is 0.339 e. The highest BCUT2D eigenvalue weighted by Crippen LogP contribution is 2.34. The average Bonchev–Trinajstić information content (AvgIpc) is 2.46. The van der Waals surface area contributed by atoms with Gasteiger partial charge < -0.3 is 10.5 Å². The second-order valence-electron chi connectivity index (χ2n) is 4.62. The maximum absolute atomic E-state index is 11.8. The highest BCUT2D eigenvalue weighted by atomic mass is 32.2. The van der Waals surface area contributed by atoms with Crippen LogP contribution in [0.3, 0.4) is 0 Å². The van der Waals surface area contributed by atoms with Gasteiger partial charge in [-0.25, -0.2) is 14.8 Å². The molecule has 2 aromatic rings. The van der Waals surface area contributed by atoms with Crippen molar-refractivity contribution < 1.29 is 9.53 Å². The van der Waals surface area contributed by atoms with E-state index in [4.69, 9.17) is 10.5 Å². The summed E-state index contributed by atoms with van der Waals surface area (Å²) in [4.78, 5) is 21.3. The molecule has 0 saturated heterocycles. The van der Waals surface area contributed by atoms with E-state index in [0.29, 0.717) is 21.3 Å². The van der Waals surface area contributed by atoms with Crippen LogP contribution in [0.1, 0.15) is 27.3 Å². The maximum atomic E-state index is 11.8. The van der Waals surface area contributed by atoms with Gasteiger partial charge in [0, 0.05) is 17.1 Å². The number of anilines is 1. The van der Waals surface area contributed by atoms with Crippen molar-refractivity contribution in [3.63, 3.8) is 0 Å². The molecule has 5 nitrogen and oxygen atoms in total. The Balaban J connectivity index is 2.47. The predicted molar refractivity (Wildman–Crippen MR) is 82.6 cm³/mol. The van der Waals surface area contributed by atoms with Gasteiger partial charge in [-0.1, -0.05) is 6.07 Å². The van der Waals surface area contributed by atoms with E-state index in [2.05, 4.69) is 9.97 Å². The van der Waals surface area contributed by atoms with Crippen LogP contribution >= 0.6 is 11.8 Å². The van der Waals surface area contributed by atoms with E-state index in [1.807, 2.05) is 20.8 Å². The summed E-state index contributed by atoms with van der Waals surface area (Å²) in [7, 11) is 1.34. The molecule has 0 aliphatic carbocycles. The fourth-order valence-corrected chi connectivity index (χ4v) is 2.81. The number of hydrogen-bond acceptors (Lipinski definition) is 6. The third kappa shape index (κ3) is 3.16. The van der Waals surface area contributed by atoms with E-state index in [1.54, 1.807) is 18.2 Å². The number of rotatable bonds is 3. The minimum absolute atomic E-state index is 0.419. The van der Waals surface area contributed by atoms with E-state index in [9.17, 15) is 4.79 Å². The van der Waals surface area contributed by atoms with Gasteiger partial charge in [0.2, 0.25) is 0 Å². The van der Waals surface area contributed by atoms with Gasteiger partial charge in [0.05, 0.1) is 17.6 Å². The first-order chi connectivity index (χ1) is 9.93. The fraction of sp³-hybridized carbons (Fsp3) is 0.267. The smallest absolute Gasteiger partial charge is 0.339 e. The molecule has 0 saturated carbocycles. The van der Waals surface area contributed by atoms with Crippen molar-refractivity contribution in [1.29, 1.82) is 0 Å². The summed E-state index contributed by atoms with van der Waals surface area (Å²) in [6.45, 7) is 5.85. The van der Waals surface area contributed by atoms with Gasteiger partial charge in [-0.15, -0.1) is 0 Å². The molecular weight excluding hydrogens is 286 g/mol. The van der Waals surface area contributed by atoms with Gasteiger partial charge in [-0.3, -0.25) is 0 Å². The summed E-state index contributed by atoms with van der Waals surface area (Å²) in [6.07, 6.45) is 0. The number of esters is 1. The molecule has 1 aromatic heterocycles. The Morgan fingerprint density at radius 2 is 1.81 bits per heavy atom. The van der Waals surface area contributed by atoms with E-state index >= 15 is 0 Å². The van der Waals surface area contributed by atoms with Crippen LogP contribution in [0.4, 0.5) is 5.69 Å². The van der Waals surface area contributed by atoms with Gasteiger partial charge in [0.1, 0.15) is 0 Å². The Hall–Kier alpha value is -2.08. The Morgan fingerprint density at radius 1 is 1.19 bits per heavy atom. The number of nitrogens with zero attached hydrogens (tertiary/aromatic N) is 2. The van der Waals surface area contributed by atoms with Crippen LogP contribution in [0.5, 0.6) is 0 Å². The number of aryl methyl sites for hydroxylation is 2. The predicted octanol–water partition coefficient (Wildman–Crippen LogP) is 2.92. The number of carbonyl (C=O) groups excluding carboxylic acids is 1. The van der Waals surface area contributed by atoms with E-state index in [1.165, 1.54) is 18.9 Å². The van der Waals surface area contributed by atoms with Crippen molar-refractivity contribution in [3.05, 3.63) is 40.7 Å². The summed E-state index contributed by atoms with van der Waals surface area (Å²) >= 11 is 1.27. The Kier molecular flexibility index (Phi) is 4.47. The van der Waals surface area contributed by atoms with Crippen LogP contribution in [-0.4, -0.2) is 23.0 Å². The van der Waals surface area contributed by atoms with Gasteiger partial charge in [-0.05, 0) is 50.2 Å². The molecular formula is C15H17N3O2S. The first-order valence-corrected chi connectivity index (χ1v) is 7.22. The normalized spacial score (nSPS) is 10.5. The SMILES string of the molecule is COC(=O)c1cccc(N)c1Sc1nc(C)c(C)c(C)n1. The number of ether oxygens (including phenoxy) is 1. The summed E-state index contributed by atoms with van der Waals surface area (Å²) in [5, 5.41) is 0.568. The first-order valence-electron chi connectivity index (χ1n) is 6.40. The van der Waals surface area contributed by atoms with Crippen LogP contribution in [0.2, 0.25) is 0 Å². The molecule has 6 heteroatoms. The fourth-order valence-electron chi connectivity index (χ4n) is 1.82. The van der Waals surface area contributed by atoms with Crippen molar-refractivity contribution in [2.24, 2.45) is 0 Å². The molecule has 1 aromatic carbocycles. The number of nitrogen functional groups attached to an aromatic ring is 1. The molecule has 1 heterocycles. The second-order valence-corrected chi connectivity index (χ2v) is 5.60. The Labute approximate surface area is 127 Å². The van der Waals surface area contributed by atoms with Crippen LogP contribution in [0, 0.1) is 20.8 Å². The van der Waals surface area contributed by atoms with Crippen molar-refractivity contribution in [1.82, 2.24) is 9.97 Å². The number of methoxy groups -OCH3 is 1. The summed E-state index contributed by atoms with van der Waals surface area (Å²) in [6, 6.07) is 5.14. The van der Waals surface area contributed by atoms with Gasteiger partial charge in [0.25, 0.3) is 0 Å². The monoisotopic (exact) mass is 303 g/mol. The molecule has 0 atom stereocenters. The summed E-state index contributed by atoms with van der Waals surface area (Å²) in [5.74, 6) is -0.426. The van der Waals surface area contributed by atoms with Gasteiger partial charge in [0.15, 0.2) is 5.16 Å². The van der Waals surface area contributed by atoms with Crippen LogP contribution in [0.15, 0.2) is 28.3 Å². The molecule has 2 N–H and O–H groups in total. The van der Waals surface area contributed by atoms with Crippen molar-refractivity contribution >= 4 is 23.4 Å². The molecule has 21 heavy (non-hydrogen) atoms. The van der Waals surface area contributed by atoms with Crippen molar-refractivity contribution in [3.8, 4) is 0 Å². The number of hydrogen-bond donors (Lipinski definition) is 1. The third-order valence-electron chi connectivity index (χ3n) is 3.26. The standard InChI is InChI=1S/C15H17N3O2S/c1-8-9(2)17-15(18-10(8)3)21-13-11(14(19)20-4)6-5-7-12(13)16/h5-7H,16H2,1-4H3. The first kappa shape index (κ1) is 15.3. The molecule has 2 rings (SSSR count).